The van der Waals surface area contributed by atoms with E-state index in [4.69, 9.17) is 28.6 Å². The first-order valence-electron chi connectivity index (χ1n) is 9.85. The Morgan fingerprint density at radius 2 is 1.67 bits per heavy atom. The number of hydrazine groups is 1. The van der Waals surface area contributed by atoms with Gasteiger partial charge in [-0.15, -0.1) is 0 Å². The van der Waals surface area contributed by atoms with Crippen molar-refractivity contribution in [3.05, 3.63) is 64.7 Å². The number of rotatable bonds is 9. The number of nitrogens with one attached hydrogen (secondary N) is 3. The Hall–Kier alpha value is -2.64. The van der Waals surface area contributed by atoms with Crippen LogP contribution in [0.5, 0.6) is 5.75 Å². The molecule has 30 heavy (non-hydrogen) atoms. The zero-order chi connectivity index (χ0) is 21.8. The number of hydrogen-bond donors (Lipinski definition) is 3. The number of amides is 2. The minimum atomic E-state index is -0.376. The van der Waals surface area contributed by atoms with Crippen LogP contribution in [-0.4, -0.2) is 23.5 Å². The third-order valence-electron chi connectivity index (χ3n) is 4.20. The zero-order valence-electron chi connectivity index (χ0n) is 16.9. The lowest BCUT2D eigenvalue weighted by atomic mass is 10.1. The highest BCUT2D eigenvalue weighted by molar-refractivity contribution is 7.80. The lowest BCUT2D eigenvalue weighted by molar-refractivity contribution is -0.119. The fourth-order valence-electron chi connectivity index (χ4n) is 2.60. The molecular weight excluding hydrogens is 422 g/mol. The quantitative estimate of drug-likeness (QED) is 0.305. The normalized spacial score (nSPS) is 10.2. The van der Waals surface area contributed by atoms with Crippen molar-refractivity contribution in [1.29, 1.82) is 0 Å². The SMILES string of the molecule is CCCCCCOc1ccc(C(=O)NNC(=S)NC(=O)Cc2ccc(Cl)cc2)cc1. The lowest BCUT2D eigenvalue weighted by Crippen LogP contribution is -2.48. The van der Waals surface area contributed by atoms with Crippen LogP contribution in [0.1, 0.15) is 48.5 Å². The molecule has 0 saturated heterocycles. The van der Waals surface area contributed by atoms with E-state index in [1.165, 1.54) is 12.8 Å². The molecule has 0 fully saturated rings. The summed E-state index contributed by atoms with van der Waals surface area (Å²) in [5.41, 5.74) is 6.22. The van der Waals surface area contributed by atoms with Gasteiger partial charge in [0.2, 0.25) is 5.91 Å². The monoisotopic (exact) mass is 447 g/mol. The van der Waals surface area contributed by atoms with Crippen LogP contribution >= 0.6 is 23.8 Å². The third kappa shape index (κ3) is 8.80. The summed E-state index contributed by atoms with van der Waals surface area (Å²) in [5.74, 6) is 0.0456. The molecule has 0 atom stereocenters. The van der Waals surface area contributed by atoms with Gasteiger partial charge in [0.15, 0.2) is 5.11 Å². The Morgan fingerprint density at radius 1 is 0.967 bits per heavy atom. The molecule has 0 unspecified atom stereocenters. The van der Waals surface area contributed by atoms with Crippen LogP contribution in [-0.2, 0) is 11.2 Å². The zero-order valence-corrected chi connectivity index (χ0v) is 18.4. The van der Waals surface area contributed by atoms with E-state index in [-0.39, 0.29) is 23.3 Å². The van der Waals surface area contributed by atoms with Gasteiger partial charge in [-0.05, 0) is 60.6 Å². The number of hydrogen-bond acceptors (Lipinski definition) is 4. The summed E-state index contributed by atoms with van der Waals surface area (Å²) in [4.78, 5) is 24.2. The molecule has 0 saturated carbocycles. The van der Waals surface area contributed by atoms with Crippen LogP contribution in [0.3, 0.4) is 0 Å². The van der Waals surface area contributed by atoms with E-state index in [1.54, 1.807) is 48.5 Å². The molecule has 0 heterocycles. The molecule has 2 aromatic rings. The molecular formula is C22H26ClN3O3S. The van der Waals surface area contributed by atoms with E-state index < -0.39 is 0 Å². The standard InChI is InChI=1S/C22H26ClN3O3S/c1-2-3-4-5-14-29-19-12-8-17(9-13-19)21(28)25-26-22(30)24-20(27)15-16-6-10-18(23)11-7-16/h6-13H,2-5,14-15H2,1H3,(H,25,28)(H2,24,26,27,30). The number of benzene rings is 2. The van der Waals surface area contributed by atoms with Crippen molar-refractivity contribution >= 4 is 40.7 Å². The topological polar surface area (TPSA) is 79.5 Å². The Bertz CT molecular complexity index is 842. The smallest absolute Gasteiger partial charge is 0.269 e. The summed E-state index contributed by atoms with van der Waals surface area (Å²) in [5, 5.41) is 3.12. The molecule has 160 valence electrons. The maximum atomic E-state index is 12.2. The van der Waals surface area contributed by atoms with Crippen LogP contribution < -0.4 is 20.9 Å². The summed E-state index contributed by atoms with van der Waals surface area (Å²) in [6, 6.07) is 13.8. The summed E-state index contributed by atoms with van der Waals surface area (Å²) in [7, 11) is 0. The van der Waals surface area contributed by atoms with E-state index in [2.05, 4.69) is 23.1 Å². The second-order valence-electron chi connectivity index (χ2n) is 6.69. The molecule has 0 spiro atoms. The first kappa shape index (κ1) is 23.6. The number of thiocarbonyl (C=S) groups is 1. The van der Waals surface area contributed by atoms with Crippen LogP contribution in [0.25, 0.3) is 0 Å². The van der Waals surface area contributed by atoms with Crippen LogP contribution in [0.2, 0.25) is 5.02 Å². The van der Waals surface area contributed by atoms with E-state index in [9.17, 15) is 9.59 Å². The average Bonchev–Trinajstić information content (AvgIpc) is 2.74. The molecule has 2 amide bonds. The predicted octanol–water partition coefficient (Wildman–Crippen LogP) is 4.18. The van der Waals surface area contributed by atoms with E-state index in [0.29, 0.717) is 17.2 Å². The Kier molecular flexibility index (Phi) is 10.1. The molecule has 3 N–H and O–H groups in total. The van der Waals surface area contributed by atoms with Gasteiger partial charge in [0.25, 0.3) is 5.91 Å². The van der Waals surface area contributed by atoms with Crippen molar-refractivity contribution in [3.63, 3.8) is 0 Å². The van der Waals surface area contributed by atoms with Gasteiger partial charge in [0, 0.05) is 10.6 Å². The summed E-state index contributed by atoms with van der Waals surface area (Å²) in [6.45, 7) is 2.83. The Labute approximate surface area is 187 Å². The highest BCUT2D eigenvalue weighted by atomic mass is 35.5. The molecule has 0 aliphatic heterocycles. The molecule has 0 aliphatic rings. The fourth-order valence-corrected chi connectivity index (χ4v) is 2.89. The number of carbonyl (C=O) groups excluding carboxylic acids is 2. The number of carbonyl (C=O) groups is 2. The minimum Gasteiger partial charge on any atom is -0.494 e. The highest BCUT2D eigenvalue weighted by Gasteiger charge is 2.09. The van der Waals surface area contributed by atoms with Crippen LogP contribution in [0.4, 0.5) is 0 Å². The van der Waals surface area contributed by atoms with Gasteiger partial charge in [-0.25, -0.2) is 0 Å². The fraction of sp³-hybridized carbons (Fsp3) is 0.318. The van der Waals surface area contributed by atoms with Gasteiger partial charge in [-0.2, -0.15) is 0 Å². The maximum absolute atomic E-state index is 12.2. The Balaban J connectivity index is 1.70. The maximum Gasteiger partial charge on any atom is 0.269 e. The minimum absolute atomic E-state index is 0.00865. The first-order chi connectivity index (χ1) is 14.5. The average molecular weight is 448 g/mol. The predicted molar refractivity (Wildman–Crippen MR) is 123 cm³/mol. The second kappa shape index (κ2) is 12.8. The summed E-state index contributed by atoms with van der Waals surface area (Å²) in [6.07, 6.45) is 4.71. The molecule has 2 aromatic carbocycles. The van der Waals surface area contributed by atoms with Crippen LogP contribution in [0.15, 0.2) is 48.5 Å². The van der Waals surface area contributed by atoms with Crippen molar-refractivity contribution in [2.75, 3.05) is 6.61 Å². The molecule has 0 bridgehead atoms. The van der Waals surface area contributed by atoms with Gasteiger partial charge >= 0.3 is 0 Å². The van der Waals surface area contributed by atoms with Gasteiger partial charge < -0.3 is 10.1 Å². The molecule has 0 aliphatic carbocycles. The van der Waals surface area contributed by atoms with Crippen molar-refractivity contribution < 1.29 is 14.3 Å². The first-order valence-corrected chi connectivity index (χ1v) is 10.6. The summed E-state index contributed by atoms with van der Waals surface area (Å²) < 4.78 is 5.66. The highest BCUT2D eigenvalue weighted by Crippen LogP contribution is 2.13. The van der Waals surface area contributed by atoms with Crippen LogP contribution in [0, 0.1) is 0 Å². The second-order valence-corrected chi connectivity index (χ2v) is 7.54. The largest absolute Gasteiger partial charge is 0.494 e. The number of ether oxygens (including phenoxy) is 1. The molecule has 0 aromatic heterocycles. The van der Waals surface area contributed by atoms with E-state index in [1.807, 2.05) is 0 Å². The number of halogens is 1. The van der Waals surface area contributed by atoms with Gasteiger partial charge in [0.05, 0.1) is 13.0 Å². The van der Waals surface area contributed by atoms with Gasteiger partial charge in [-0.3, -0.25) is 20.4 Å². The van der Waals surface area contributed by atoms with Crippen molar-refractivity contribution in [2.45, 2.75) is 39.0 Å². The van der Waals surface area contributed by atoms with Crippen molar-refractivity contribution in [3.8, 4) is 5.75 Å². The molecule has 8 heteroatoms. The summed E-state index contributed by atoms with van der Waals surface area (Å²) >= 11 is 10.9. The molecule has 6 nitrogen and oxygen atoms in total. The van der Waals surface area contributed by atoms with E-state index >= 15 is 0 Å². The third-order valence-corrected chi connectivity index (χ3v) is 4.66. The van der Waals surface area contributed by atoms with Gasteiger partial charge in [0.1, 0.15) is 5.75 Å². The molecule has 0 radical (unpaired) electrons. The number of unbranched alkanes of at least 4 members (excludes halogenated alkanes) is 3. The van der Waals surface area contributed by atoms with Crippen molar-refractivity contribution in [1.82, 2.24) is 16.2 Å². The van der Waals surface area contributed by atoms with Gasteiger partial charge in [-0.1, -0.05) is 49.9 Å². The van der Waals surface area contributed by atoms with E-state index in [0.717, 1.165) is 24.2 Å². The molecule has 2 rings (SSSR count). The lowest BCUT2D eigenvalue weighted by Gasteiger charge is -2.11. The van der Waals surface area contributed by atoms with Crippen molar-refractivity contribution in [2.24, 2.45) is 0 Å². The Morgan fingerprint density at radius 3 is 2.33 bits per heavy atom.